The first-order valence-electron chi connectivity index (χ1n) is 8.11. The van der Waals surface area contributed by atoms with Crippen molar-refractivity contribution in [2.75, 3.05) is 13.3 Å². The maximum Gasteiger partial charge on any atom is 0.333 e. The molecule has 1 aliphatic heterocycles. The molecule has 1 aliphatic rings. The van der Waals surface area contributed by atoms with Gasteiger partial charge in [0.2, 0.25) is 0 Å². The summed E-state index contributed by atoms with van der Waals surface area (Å²) in [6, 6.07) is 0. The van der Waals surface area contributed by atoms with E-state index in [1.165, 1.54) is 12.8 Å². The number of rotatable bonds is 10. The molecule has 0 amide bonds. The number of halogens is 1. The second-order valence-electron chi connectivity index (χ2n) is 5.53. The van der Waals surface area contributed by atoms with Crippen LogP contribution in [0.4, 0.5) is 0 Å². The van der Waals surface area contributed by atoms with Crippen LogP contribution in [0.3, 0.4) is 0 Å². The van der Waals surface area contributed by atoms with Crippen molar-refractivity contribution in [3.05, 3.63) is 23.4 Å². The van der Waals surface area contributed by atoms with E-state index in [4.69, 9.17) is 4.74 Å². The van der Waals surface area contributed by atoms with E-state index in [1.807, 2.05) is 6.92 Å². The molecular weight excluding hydrogens is 362 g/mol. The molecule has 0 aromatic heterocycles. The van der Waals surface area contributed by atoms with Gasteiger partial charge in [-0.25, -0.2) is 4.79 Å². The van der Waals surface area contributed by atoms with Crippen molar-refractivity contribution >= 4 is 28.9 Å². The lowest BCUT2D eigenvalue weighted by molar-refractivity contribution is -0.147. The van der Waals surface area contributed by atoms with Crippen LogP contribution in [0.5, 0.6) is 0 Å². The Balaban J connectivity index is 0.00000484. The summed E-state index contributed by atoms with van der Waals surface area (Å²) in [4.78, 5) is 24.6. The summed E-state index contributed by atoms with van der Waals surface area (Å²) in [7, 11) is 0. The minimum absolute atomic E-state index is 0. The van der Waals surface area contributed by atoms with E-state index in [0.717, 1.165) is 24.8 Å². The van der Waals surface area contributed by atoms with Gasteiger partial charge in [-0.15, -0.1) is 17.0 Å². The molecule has 0 saturated carbocycles. The smallest absolute Gasteiger partial charge is 0.333 e. The Labute approximate surface area is 149 Å². The molecule has 23 heavy (non-hydrogen) atoms. The van der Waals surface area contributed by atoms with Crippen molar-refractivity contribution in [2.24, 2.45) is 0 Å². The van der Waals surface area contributed by atoms with Crippen LogP contribution in [0.2, 0.25) is 0 Å². The second kappa shape index (κ2) is 12.2. The van der Waals surface area contributed by atoms with Crippen molar-refractivity contribution < 1.29 is 19.4 Å². The number of esters is 1. The fourth-order valence-corrected chi connectivity index (χ4v) is 2.38. The molecule has 1 rings (SSSR count). The average molecular weight is 390 g/mol. The summed E-state index contributed by atoms with van der Waals surface area (Å²) in [6.07, 6.45) is 10.2. The monoisotopic (exact) mass is 389 g/mol. The summed E-state index contributed by atoms with van der Waals surface area (Å²) in [5.41, 5.74) is 1.20. The highest BCUT2D eigenvalue weighted by Crippen LogP contribution is 2.18. The van der Waals surface area contributed by atoms with Gasteiger partial charge in [0.05, 0.1) is 12.1 Å². The fourth-order valence-electron chi connectivity index (χ4n) is 2.38. The Hall–Kier alpha value is -1.30. The van der Waals surface area contributed by atoms with E-state index in [9.17, 15) is 14.7 Å². The molecule has 0 atom stereocenters. The van der Waals surface area contributed by atoms with Gasteiger partial charge in [0.15, 0.2) is 6.73 Å². The van der Waals surface area contributed by atoms with Gasteiger partial charge in [-0.2, -0.15) is 0 Å². The number of carboxylic acids is 1. The van der Waals surface area contributed by atoms with Gasteiger partial charge in [-0.3, -0.25) is 4.79 Å². The SMILES string of the molecule is Br.CCCCCCCC(=O)OCN1C=CC(CC)=C(C(=O)O)C1. The van der Waals surface area contributed by atoms with Gasteiger partial charge in [0, 0.05) is 12.6 Å². The van der Waals surface area contributed by atoms with Crippen LogP contribution in [0.15, 0.2) is 23.4 Å². The van der Waals surface area contributed by atoms with Crippen LogP contribution in [-0.2, 0) is 14.3 Å². The summed E-state index contributed by atoms with van der Waals surface area (Å²) in [6.45, 7) is 4.47. The minimum Gasteiger partial charge on any atom is -0.478 e. The van der Waals surface area contributed by atoms with Crippen LogP contribution >= 0.6 is 17.0 Å². The minimum atomic E-state index is -0.909. The van der Waals surface area contributed by atoms with Crippen molar-refractivity contribution in [1.29, 1.82) is 0 Å². The second-order valence-corrected chi connectivity index (χ2v) is 5.53. The number of hydrogen-bond acceptors (Lipinski definition) is 4. The first-order valence-corrected chi connectivity index (χ1v) is 8.11. The van der Waals surface area contributed by atoms with E-state index >= 15 is 0 Å². The summed E-state index contributed by atoms with van der Waals surface area (Å²) >= 11 is 0. The van der Waals surface area contributed by atoms with Crippen LogP contribution in [-0.4, -0.2) is 35.2 Å². The third-order valence-electron chi connectivity index (χ3n) is 3.75. The molecule has 0 aromatic carbocycles. The molecule has 1 N–H and O–H groups in total. The Kier molecular flexibility index (Phi) is 11.5. The predicted octanol–water partition coefficient (Wildman–Crippen LogP) is 4.05. The van der Waals surface area contributed by atoms with E-state index in [0.29, 0.717) is 18.4 Å². The Morgan fingerprint density at radius 2 is 1.91 bits per heavy atom. The number of hydrogen-bond donors (Lipinski definition) is 1. The molecular formula is C17H28BrNO4. The Bertz CT molecular complexity index is 446. The molecule has 0 fully saturated rings. The number of carbonyl (C=O) groups excluding carboxylic acids is 1. The zero-order valence-electron chi connectivity index (χ0n) is 14.0. The third-order valence-corrected chi connectivity index (χ3v) is 3.75. The predicted molar refractivity (Wildman–Crippen MR) is 95.5 cm³/mol. The lowest BCUT2D eigenvalue weighted by atomic mass is 10.0. The van der Waals surface area contributed by atoms with Crippen molar-refractivity contribution in [2.45, 2.75) is 58.8 Å². The summed E-state index contributed by atoms with van der Waals surface area (Å²) in [5.74, 6) is -1.12. The summed E-state index contributed by atoms with van der Waals surface area (Å²) < 4.78 is 5.21. The highest BCUT2D eigenvalue weighted by Gasteiger charge is 2.19. The van der Waals surface area contributed by atoms with Crippen molar-refractivity contribution in [1.82, 2.24) is 4.90 Å². The number of aliphatic carboxylic acids is 1. The number of unbranched alkanes of at least 4 members (excludes halogenated alkanes) is 4. The largest absolute Gasteiger partial charge is 0.478 e. The van der Waals surface area contributed by atoms with E-state index in [2.05, 4.69) is 6.92 Å². The maximum atomic E-state index is 11.7. The molecule has 0 aromatic rings. The average Bonchev–Trinajstić information content (AvgIpc) is 2.52. The molecule has 0 unspecified atom stereocenters. The quantitative estimate of drug-likeness (QED) is 0.450. The maximum absolute atomic E-state index is 11.7. The first-order chi connectivity index (χ1) is 10.6. The van der Waals surface area contributed by atoms with E-state index in [1.54, 1.807) is 17.2 Å². The normalized spacial score (nSPS) is 13.7. The highest BCUT2D eigenvalue weighted by molar-refractivity contribution is 8.93. The van der Waals surface area contributed by atoms with Gasteiger partial charge in [-0.1, -0.05) is 39.5 Å². The zero-order valence-corrected chi connectivity index (χ0v) is 15.8. The van der Waals surface area contributed by atoms with Crippen molar-refractivity contribution in [3.8, 4) is 0 Å². The Morgan fingerprint density at radius 1 is 1.22 bits per heavy atom. The molecule has 132 valence electrons. The molecule has 0 bridgehead atoms. The van der Waals surface area contributed by atoms with Gasteiger partial charge in [0.1, 0.15) is 0 Å². The molecule has 0 radical (unpaired) electrons. The summed E-state index contributed by atoms with van der Waals surface area (Å²) in [5, 5.41) is 9.20. The number of nitrogens with zero attached hydrogens (tertiary/aromatic N) is 1. The topological polar surface area (TPSA) is 66.8 Å². The van der Waals surface area contributed by atoms with Gasteiger partial charge >= 0.3 is 11.9 Å². The zero-order chi connectivity index (χ0) is 16.4. The molecule has 6 heteroatoms. The molecule has 0 aliphatic carbocycles. The standard InChI is InChI=1S/C17H27NO4.BrH/c1-3-5-6-7-8-9-16(19)22-13-18-11-10-14(4-2)15(12-18)17(20)21;/h10-11H,3-9,12-13H2,1-2H3,(H,20,21);1H. The molecule has 1 heterocycles. The van der Waals surface area contributed by atoms with Crippen molar-refractivity contribution in [3.63, 3.8) is 0 Å². The fraction of sp³-hybridized carbons (Fsp3) is 0.647. The number of carbonyl (C=O) groups is 2. The lowest BCUT2D eigenvalue weighted by Gasteiger charge is -2.25. The van der Waals surface area contributed by atoms with Gasteiger partial charge < -0.3 is 14.7 Å². The Morgan fingerprint density at radius 3 is 2.52 bits per heavy atom. The number of carboxylic acid groups (broad SMARTS) is 1. The molecule has 5 nitrogen and oxygen atoms in total. The highest BCUT2D eigenvalue weighted by atomic mass is 79.9. The molecule has 0 saturated heterocycles. The van der Waals surface area contributed by atoms with Crippen LogP contribution < -0.4 is 0 Å². The van der Waals surface area contributed by atoms with Crippen LogP contribution in [0.1, 0.15) is 58.8 Å². The lowest BCUT2D eigenvalue weighted by Crippen LogP contribution is -2.30. The van der Waals surface area contributed by atoms with E-state index in [-0.39, 0.29) is 36.2 Å². The van der Waals surface area contributed by atoms with E-state index < -0.39 is 5.97 Å². The first kappa shape index (κ1) is 21.7. The van der Waals surface area contributed by atoms with Gasteiger partial charge in [0.25, 0.3) is 0 Å². The molecule has 0 spiro atoms. The third kappa shape index (κ3) is 8.21. The van der Waals surface area contributed by atoms with Crippen LogP contribution in [0, 0.1) is 0 Å². The van der Waals surface area contributed by atoms with Gasteiger partial charge in [-0.05, 0) is 24.5 Å². The van der Waals surface area contributed by atoms with Crippen LogP contribution in [0.25, 0.3) is 0 Å². The number of ether oxygens (including phenoxy) is 1. The number of allylic oxidation sites excluding steroid dienone is 2.